The lowest BCUT2D eigenvalue weighted by Crippen LogP contribution is -2.15. The molecule has 1 aromatic rings. The highest BCUT2D eigenvalue weighted by molar-refractivity contribution is 7.90. The second kappa shape index (κ2) is 4.05. The summed E-state index contributed by atoms with van der Waals surface area (Å²) in [6.07, 6.45) is 0. The van der Waals surface area contributed by atoms with Crippen molar-refractivity contribution in [2.45, 2.75) is 4.90 Å². The van der Waals surface area contributed by atoms with E-state index in [1.54, 1.807) is 4.24 Å². The highest BCUT2D eigenvalue weighted by Gasteiger charge is 2.17. The van der Waals surface area contributed by atoms with Crippen LogP contribution < -0.4 is 9.97 Å². The Balaban J connectivity index is 3.32. The van der Waals surface area contributed by atoms with Gasteiger partial charge in [-0.25, -0.2) is 13.2 Å². The molecule has 0 aromatic heterocycles. The van der Waals surface area contributed by atoms with E-state index < -0.39 is 16.0 Å². The van der Waals surface area contributed by atoms with Crippen LogP contribution in [0.5, 0.6) is 0 Å². The Labute approximate surface area is 90.8 Å². The molecule has 0 saturated carbocycles. The number of aromatic carboxylic acids is 1. The molecule has 0 aliphatic carbocycles. The highest BCUT2D eigenvalue weighted by atomic mass is 35.5. The van der Waals surface area contributed by atoms with E-state index in [1.807, 2.05) is 0 Å². The number of hydrogen-bond donors (Lipinski definition) is 3. The molecule has 0 spiro atoms. The van der Waals surface area contributed by atoms with Crippen LogP contribution in [0.2, 0.25) is 0 Å². The van der Waals surface area contributed by atoms with E-state index in [4.69, 9.17) is 22.6 Å². The van der Waals surface area contributed by atoms with Crippen molar-refractivity contribution in [2.24, 2.45) is 0 Å². The van der Waals surface area contributed by atoms with Crippen LogP contribution in [0.4, 0.5) is 5.69 Å². The molecular weight excluding hydrogens is 244 g/mol. The normalized spacial score (nSPS) is 11.3. The molecule has 82 valence electrons. The lowest BCUT2D eigenvalue weighted by atomic mass is 10.2. The van der Waals surface area contributed by atoms with E-state index in [-0.39, 0.29) is 16.1 Å². The van der Waals surface area contributed by atoms with Gasteiger partial charge in [0.15, 0.2) is 0 Å². The van der Waals surface area contributed by atoms with Gasteiger partial charge in [-0.05, 0) is 30.0 Å². The first-order valence-electron chi connectivity index (χ1n) is 3.64. The Morgan fingerprint density at radius 2 is 2.07 bits per heavy atom. The maximum Gasteiger partial charge on any atom is 0.335 e. The summed E-state index contributed by atoms with van der Waals surface area (Å²) >= 11 is 4.99. The molecule has 0 aliphatic heterocycles. The molecule has 0 amide bonds. The number of benzene rings is 1. The van der Waals surface area contributed by atoms with E-state index >= 15 is 0 Å². The summed E-state index contributed by atoms with van der Waals surface area (Å²) in [6, 6.07) is 3.24. The topological polar surface area (TPSA) is 109 Å². The van der Waals surface area contributed by atoms with Crippen molar-refractivity contribution >= 4 is 33.5 Å². The number of nitrogens with two attached hydrogens (primary N) is 1. The average molecular weight is 251 g/mol. The number of nitrogen functional groups attached to an aromatic ring is 1. The Kier molecular flexibility index (Phi) is 3.18. The molecule has 0 aliphatic rings. The van der Waals surface area contributed by atoms with Gasteiger partial charge in [0.2, 0.25) is 0 Å². The number of nitrogens with one attached hydrogen (secondary N) is 1. The average Bonchev–Trinajstić information content (AvgIpc) is 2.17. The van der Waals surface area contributed by atoms with Crippen molar-refractivity contribution in [3.05, 3.63) is 23.8 Å². The lowest BCUT2D eigenvalue weighted by Gasteiger charge is -2.05. The van der Waals surface area contributed by atoms with Gasteiger partial charge in [-0.2, -0.15) is 0 Å². The second-order valence-corrected chi connectivity index (χ2v) is 4.70. The van der Waals surface area contributed by atoms with Crippen LogP contribution in [-0.2, 0) is 10.0 Å². The van der Waals surface area contributed by atoms with Crippen molar-refractivity contribution in [3.8, 4) is 0 Å². The van der Waals surface area contributed by atoms with Crippen LogP contribution in [0.3, 0.4) is 0 Å². The zero-order valence-electron chi connectivity index (χ0n) is 7.27. The standard InChI is InChI=1S/C7H7ClN2O4S/c8-10-15(13,14)6-2-1-4(7(11)12)3-5(6)9/h1-3,10H,9H2,(H,11,12). The third-order valence-electron chi connectivity index (χ3n) is 1.65. The summed E-state index contributed by atoms with van der Waals surface area (Å²) in [5.41, 5.74) is 5.11. The van der Waals surface area contributed by atoms with Crippen molar-refractivity contribution in [2.75, 3.05) is 5.73 Å². The summed E-state index contributed by atoms with van der Waals surface area (Å²) in [6.45, 7) is 0. The number of halogens is 1. The van der Waals surface area contributed by atoms with Gasteiger partial charge >= 0.3 is 5.97 Å². The number of carboxylic acids is 1. The molecule has 0 atom stereocenters. The number of hydrogen-bond acceptors (Lipinski definition) is 4. The monoisotopic (exact) mass is 250 g/mol. The number of carboxylic acid groups (broad SMARTS) is 1. The first kappa shape index (κ1) is 11.8. The molecular formula is C7H7ClN2O4S. The summed E-state index contributed by atoms with van der Waals surface area (Å²) in [7, 11) is -3.87. The quantitative estimate of drug-likeness (QED) is 0.531. The van der Waals surface area contributed by atoms with Crippen LogP contribution in [0.1, 0.15) is 10.4 Å². The van der Waals surface area contributed by atoms with Gasteiger partial charge in [-0.3, -0.25) is 0 Å². The number of rotatable bonds is 3. The molecule has 0 heterocycles. The van der Waals surface area contributed by atoms with Crippen molar-refractivity contribution < 1.29 is 18.3 Å². The third-order valence-corrected chi connectivity index (χ3v) is 3.41. The van der Waals surface area contributed by atoms with Gasteiger partial charge in [0, 0.05) is 0 Å². The Morgan fingerprint density at radius 1 is 1.47 bits per heavy atom. The zero-order valence-corrected chi connectivity index (χ0v) is 8.84. The largest absolute Gasteiger partial charge is 0.478 e. The van der Waals surface area contributed by atoms with Gasteiger partial charge in [-0.1, -0.05) is 0 Å². The molecule has 8 heteroatoms. The molecule has 0 bridgehead atoms. The molecule has 1 rings (SSSR count). The van der Waals surface area contributed by atoms with Gasteiger partial charge in [0.05, 0.1) is 11.3 Å². The smallest absolute Gasteiger partial charge is 0.335 e. The Morgan fingerprint density at radius 3 is 2.47 bits per heavy atom. The van der Waals surface area contributed by atoms with E-state index in [1.165, 1.54) is 0 Å². The molecule has 15 heavy (non-hydrogen) atoms. The van der Waals surface area contributed by atoms with Crippen LogP contribution in [-0.4, -0.2) is 19.5 Å². The van der Waals surface area contributed by atoms with Crippen LogP contribution in [0, 0.1) is 0 Å². The lowest BCUT2D eigenvalue weighted by molar-refractivity contribution is 0.0697. The maximum absolute atomic E-state index is 11.2. The molecule has 0 unspecified atom stereocenters. The number of sulfonamides is 1. The summed E-state index contributed by atoms with van der Waals surface area (Å²) < 4.78 is 24.0. The van der Waals surface area contributed by atoms with Gasteiger partial charge < -0.3 is 10.8 Å². The Hall–Kier alpha value is -1.31. The van der Waals surface area contributed by atoms with Gasteiger partial charge in [-0.15, -0.1) is 4.24 Å². The van der Waals surface area contributed by atoms with Crippen LogP contribution in [0.15, 0.2) is 23.1 Å². The van der Waals surface area contributed by atoms with Gasteiger partial charge in [0.25, 0.3) is 10.0 Å². The van der Waals surface area contributed by atoms with E-state index in [0.29, 0.717) is 0 Å². The van der Waals surface area contributed by atoms with Gasteiger partial charge in [0.1, 0.15) is 4.90 Å². The summed E-state index contributed by atoms with van der Waals surface area (Å²) in [5.74, 6) is -1.19. The SMILES string of the molecule is Nc1cc(C(=O)O)ccc1S(=O)(=O)NCl. The van der Waals surface area contributed by atoms with E-state index in [0.717, 1.165) is 18.2 Å². The first-order valence-corrected chi connectivity index (χ1v) is 5.50. The van der Waals surface area contributed by atoms with Crippen molar-refractivity contribution in [1.82, 2.24) is 4.24 Å². The first-order chi connectivity index (χ1) is 6.88. The third kappa shape index (κ3) is 2.38. The molecule has 1 aromatic carbocycles. The predicted molar refractivity (Wildman–Crippen MR) is 54.0 cm³/mol. The molecule has 4 N–H and O–H groups in total. The van der Waals surface area contributed by atoms with Crippen LogP contribution in [0.25, 0.3) is 0 Å². The van der Waals surface area contributed by atoms with E-state index in [9.17, 15) is 13.2 Å². The second-order valence-electron chi connectivity index (χ2n) is 2.64. The summed E-state index contributed by atoms with van der Waals surface area (Å²) in [5, 5.41) is 8.61. The number of carbonyl (C=O) groups is 1. The summed E-state index contributed by atoms with van der Waals surface area (Å²) in [4.78, 5) is 10.3. The minimum absolute atomic E-state index is 0.0963. The molecule has 6 nitrogen and oxygen atoms in total. The highest BCUT2D eigenvalue weighted by Crippen LogP contribution is 2.19. The number of anilines is 1. The maximum atomic E-state index is 11.2. The fraction of sp³-hybridized carbons (Fsp3) is 0. The van der Waals surface area contributed by atoms with E-state index in [2.05, 4.69) is 0 Å². The molecule has 0 fully saturated rings. The molecule has 0 radical (unpaired) electrons. The zero-order chi connectivity index (χ0) is 11.6. The van der Waals surface area contributed by atoms with Crippen molar-refractivity contribution in [3.63, 3.8) is 0 Å². The predicted octanol–water partition coefficient (Wildman–Crippen LogP) is 0.399. The fourth-order valence-electron chi connectivity index (χ4n) is 0.968. The van der Waals surface area contributed by atoms with Crippen molar-refractivity contribution in [1.29, 1.82) is 0 Å². The minimum Gasteiger partial charge on any atom is -0.478 e. The molecule has 0 saturated heterocycles. The van der Waals surface area contributed by atoms with Crippen LogP contribution >= 0.6 is 11.8 Å². The fourth-order valence-corrected chi connectivity index (χ4v) is 1.92. The minimum atomic E-state index is -3.87. The Bertz CT molecular complexity index is 500.